The normalized spacial score (nSPS) is 14.0. The van der Waals surface area contributed by atoms with Crippen molar-refractivity contribution in [3.8, 4) is 23.0 Å². The first-order valence-electron chi connectivity index (χ1n) is 13.3. The molecule has 0 aliphatic carbocycles. The van der Waals surface area contributed by atoms with Crippen LogP contribution in [0.2, 0.25) is 0 Å². The van der Waals surface area contributed by atoms with Crippen molar-refractivity contribution < 1.29 is 23.4 Å². The van der Waals surface area contributed by atoms with Gasteiger partial charge in [0.05, 0.1) is 30.2 Å². The summed E-state index contributed by atoms with van der Waals surface area (Å²) in [6.07, 6.45) is 8.23. The minimum absolute atomic E-state index is 0.156. The molecule has 0 atom stereocenters. The van der Waals surface area contributed by atoms with Crippen LogP contribution < -0.4 is 15.2 Å². The summed E-state index contributed by atoms with van der Waals surface area (Å²) in [6, 6.07) is 13.0. The van der Waals surface area contributed by atoms with Crippen LogP contribution in [0.5, 0.6) is 11.5 Å². The molecule has 0 radical (unpaired) electrons. The van der Waals surface area contributed by atoms with Crippen LogP contribution in [0.25, 0.3) is 22.6 Å². The van der Waals surface area contributed by atoms with Crippen LogP contribution >= 0.6 is 0 Å². The average Bonchev–Trinajstić information content (AvgIpc) is 3.42. The van der Waals surface area contributed by atoms with Gasteiger partial charge in [0.15, 0.2) is 5.58 Å². The summed E-state index contributed by atoms with van der Waals surface area (Å²) in [4.78, 5) is 27.1. The number of amides is 1. The van der Waals surface area contributed by atoms with Crippen LogP contribution in [0.4, 0.5) is 0 Å². The molecule has 0 unspecified atom stereocenters. The van der Waals surface area contributed by atoms with Crippen molar-refractivity contribution in [3.05, 3.63) is 66.7 Å². The van der Waals surface area contributed by atoms with Gasteiger partial charge in [-0.3, -0.25) is 14.8 Å². The number of oxazole rings is 1. The van der Waals surface area contributed by atoms with Crippen molar-refractivity contribution in [1.29, 1.82) is 0 Å². The number of ether oxygens (including phenoxy) is 3. The van der Waals surface area contributed by atoms with Crippen molar-refractivity contribution in [2.24, 2.45) is 5.73 Å². The third-order valence-corrected chi connectivity index (χ3v) is 6.55. The molecule has 10 heteroatoms. The molecular formula is C29H33N5O5. The molecule has 1 amide bonds. The van der Waals surface area contributed by atoms with E-state index in [1.807, 2.05) is 47.4 Å². The molecule has 4 aromatic rings. The number of piperidine rings is 1. The Hall–Kier alpha value is -4.02. The number of aromatic nitrogens is 3. The summed E-state index contributed by atoms with van der Waals surface area (Å²) in [6.45, 7) is 3.27. The van der Waals surface area contributed by atoms with Crippen molar-refractivity contribution in [3.63, 3.8) is 0 Å². The van der Waals surface area contributed by atoms with Crippen LogP contribution in [0.3, 0.4) is 0 Å². The van der Waals surface area contributed by atoms with Crippen molar-refractivity contribution in [1.82, 2.24) is 19.9 Å². The van der Waals surface area contributed by atoms with Gasteiger partial charge in [0.1, 0.15) is 30.2 Å². The number of likely N-dealkylation sites (tertiary alicyclic amines) is 1. The second kappa shape index (κ2) is 13.2. The fourth-order valence-electron chi connectivity index (χ4n) is 4.41. The van der Waals surface area contributed by atoms with E-state index in [-0.39, 0.29) is 12.0 Å². The lowest BCUT2D eigenvalue weighted by molar-refractivity contribution is -0.134. The number of hydrogen-bond donors (Lipinski definition) is 1. The third-order valence-electron chi connectivity index (χ3n) is 6.55. The van der Waals surface area contributed by atoms with Gasteiger partial charge in [0, 0.05) is 38.0 Å². The van der Waals surface area contributed by atoms with Gasteiger partial charge in [-0.1, -0.05) is 0 Å². The molecule has 4 heterocycles. The minimum atomic E-state index is 0.156. The molecule has 1 aliphatic heterocycles. The van der Waals surface area contributed by atoms with E-state index < -0.39 is 0 Å². The quantitative estimate of drug-likeness (QED) is 0.270. The van der Waals surface area contributed by atoms with Gasteiger partial charge in [-0.25, -0.2) is 4.98 Å². The number of pyridine rings is 2. The van der Waals surface area contributed by atoms with Gasteiger partial charge < -0.3 is 29.3 Å². The number of nitrogens with two attached hydrogens (primary N) is 1. The van der Waals surface area contributed by atoms with E-state index in [1.165, 1.54) is 0 Å². The molecule has 39 heavy (non-hydrogen) atoms. The van der Waals surface area contributed by atoms with E-state index in [0.717, 1.165) is 43.6 Å². The van der Waals surface area contributed by atoms with Crippen LogP contribution in [0, 0.1) is 0 Å². The first kappa shape index (κ1) is 26.6. The van der Waals surface area contributed by atoms with Gasteiger partial charge in [0.25, 0.3) is 0 Å². The Kier molecular flexibility index (Phi) is 8.97. The van der Waals surface area contributed by atoms with Gasteiger partial charge in [-0.05, 0) is 62.2 Å². The third kappa shape index (κ3) is 7.30. The Bertz CT molecular complexity index is 1340. The SMILES string of the molecule is NCCCC(=O)N1CCC(OCCOc2ccc(COc3ccc4oc(-c5cccnc5)nc4c3)nc2)CC1. The number of hydrogen-bond acceptors (Lipinski definition) is 9. The first-order valence-corrected chi connectivity index (χ1v) is 13.3. The maximum atomic E-state index is 12.1. The number of carbonyl (C=O) groups excluding carboxylic acids is 1. The summed E-state index contributed by atoms with van der Waals surface area (Å²) in [5, 5.41) is 0. The first-order chi connectivity index (χ1) is 19.2. The summed E-state index contributed by atoms with van der Waals surface area (Å²) in [5.74, 6) is 2.07. The van der Waals surface area contributed by atoms with Crippen LogP contribution in [-0.2, 0) is 16.1 Å². The van der Waals surface area contributed by atoms with Gasteiger partial charge in [0.2, 0.25) is 11.8 Å². The number of nitrogens with zero attached hydrogens (tertiary/aromatic N) is 4. The Morgan fingerprint density at radius 3 is 2.69 bits per heavy atom. The van der Waals surface area contributed by atoms with E-state index >= 15 is 0 Å². The second-order valence-electron chi connectivity index (χ2n) is 9.36. The molecule has 0 saturated carbocycles. The number of fused-ring (bicyclic) bond motifs is 1. The summed E-state index contributed by atoms with van der Waals surface area (Å²) >= 11 is 0. The zero-order valence-electron chi connectivity index (χ0n) is 21.8. The van der Waals surface area contributed by atoms with E-state index in [9.17, 15) is 4.79 Å². The van der Waals surface area contributed by atoms with Gasteiger partial charge >= 0.3 is 0 Å². The highest BCUT2D eigenvalue weighted by atomic mass is 16.5. The topological polar surface area (TPSA) is 126 Å². The predicted molar refractivity (Wildman–Crippen MR) is 145 cm³/mol. The fourth-order valence-corrected chi connectivity index (χ4v) is 4.41. The molecule has 1 fully saturated rings. The zero-order chi connectivity index (χ0) is 26.9. The molecule has 1 saturated heterocycles. The Balaban J connectivity index is 1.02. The van der Waals surface area contributed by atoms with Crippen molar-refractivity contribution >= 4 is 17.0 Å². The molecule has 1 aromatic carbocycles. The van der Waals surface area contributed by atoms with Crippen LogP contribution in [0.1, 0.15) is 31.4 Å². The monoisotopic (exact) mass is 531 g/mol. The Labute approximate surface area is 227 Å². The highest BCUT2D eigenvalue weighted by Gasteiger charge is 2.22. The largest absolute Gasteiger partial charge is 0.490 e. The average molecular weight is 532 g/mol. The Morgan fingerprint density at radius 2 is 1.92 bits per heavy atom. The van der Waals surface area contributed by atoms with Gasteiger partial charge in [-0.2, -0.15) is 0 Å². The highest BCUT2D eigenvalue weighted by Crippen LogP contribution is 2.27. The maximum absolute atomic E-state index is 12.1. The molecule has 3 aromatic heterocycles. The summed E-state index contributed by atoms with van der Waals surface area (Å²) in [5.41, 5.74) is 8.49. The lowest BCUT2D eigenvalue weighted by atomic mass is 10.1. The molecule has 10 nitrogen and oxygen atoms in total. The predicted octanol–water partition coefficient (Wildman–Crippen LogP) is 3.99. The molecule has 1 aliphatic rings. The standard InChI is InChI=1S/C29H33N5O5/c30-11-1-4-28(35)34-13-9-23(10-14-34)36-15-16-37-25-6-5-22(32-19-25)20-38-24-7-8-27-26(17-24)33-29(39-27)21-3-2-12-31-18-21/h2-3,5-8,12,17-19,23H,1,4,9-11,13-16,20,30H2. The molecule has 5 rings (SSSR count). The van der Waals surface area contributed by atoms with Crippen molar-refractivity contribution in [2.75, 3.05) is 32.8 Å². The molecule has 0 spiro atoms. The fraction of sp³-hybridized carbons (Fsp3) is 0.379. The lowest BCUT2D eigenvalue weighted by Gasteiger charge is -2.32. The smallest absolute Gasteiger partial charge is 0.228 e. The lowest BCUT2D eigenvalue weighted by Crippen LogP contribution is -2.41. The molecular weight excluding hydrogens is 498 g/mol. The zero-order valence-corrected chi connectivity index (χ0v) is 21.8. The van der Waals surface area contributed by atoms with Crippen LogP contribution in [0.15, 0.2) is 65.5 Å². The second-order valence-corrected chi connectivity index (χ2v) is 9.36. The maximum Gasteiger partial charge on any atom is 0.228 e. The van der Waals surface area contributed by atoms with Crippen molar-refractivity contribution in [2.45, 2.75) is 38.4 Å². The summed E-state index contributed by atoms with van der Waals surface area (Å²) in [7, 11) is 0. The van der Waals surface area contributed by atoms with E-state index in [1.54, 1.807) is 18.6 Å². The minimum Gasteiger partial charge on any atom is -0.490 e. The van der Waals surface area contributed by atoms with E-state index in [0.29, 0.717) is 61.3 Å². The molecule has 204 valence electrons. The number of carbonyl (C=O) groups is 1. The number of rotatable bonds is 12. The van der Waals surface area contributed by atoms with Crippen LogP contribution in [-0.4, -0.2) is 64.7 Å². The van der Waals surface area contributed by atoms with E-state index in [4.69, 9.17) is 24.4 Å². The molecule has 0 bridgehead atoms. The van der Waals surface area contributed by atoms with Gasteiger partial charge in [-0.15, -0.1) is 0 Å². The number of benzene rings is 1. The molecule has 2 N–H and O–H groups in total. The summed E-state index contributed by atoms with van der Waals surface area (Å²) < 4.78 is 23.5. The highest BCUT2D eigenvalue weighted by molar-refractivity contribution is 5.77. The Morgan fingerprint density at radius 1 is 1.05 bits per heavy atom. The van der Waals surface area contributed by atoms with E-state index in [2.05, 4.69) is 15.0 Å².